The molecule has 1 atom stereocenters. The van der Waals surface area contributed by atoms with Crippen molar-refractivity contribution in [3.8, 4) is 0 Å². The van der Waals surface area contributed by atoms with Crippen LogP contribution in [0.1, 0.15) is 24.8 Å². The number of hydrogen-bond acceptors (Lipinski definition) is 2. The molecule has 0 radical (unpaired) electrons. The van der Waals surface area contributed by atoms with E-state index in [0.717, 1.165) is 5.69 Å². The minimum atomic E-state index is 0.621. The first-order valence-corrected chi connectivity index (χ1v) is 5.33. The molecule has 0 saturated carbocycles. The Bertz CT molecular complexity index is 288. The molecule has 76 valence electrons. The molecule has 2 N–H and O–H groups in total. The number of rotatable bonds is 3. The standard InChI is InChI=1S/C12H18N2/c1-10(9-14-7-2-8-14)11-3-5-12(13)6-4-11/h3-6,10H,2,7-9,13H2,1H3. The lowest BCUT2D eigenvalue weighted by Crippen LogP contribution is -2.39. The van der Waals surface area contributed by atoms with E-state index in [4.69, 9.17) is 5.73 Å². The summed E-state index contributed by atoms with van der Waals surface area (Å²) >= 11 is 0. The fourth-order valence-electron chi connectivity index (χ4n) is 1.88. The second-order valence-corrected chi connectivity index (χ2v) is 4.22. The highest BCUT2D eigenvalue weighted by molar-refractivity contribution is 5.40. The fraction of sp³-hybridized carbons (Fsp3) is 0.500. The largest absolute Gasteiger partial charge is 0.399 e. The van der Waals surface area contributed by atoms with Crippen LogP contribution < -0.4 is 5.73 Å². The Labute approximate surface area is 85.7 Å². The lowest BCUT2D eigenvalue weighted by Gasteiger charge is -2.33. The number of anilines is 1. The molecule has 1 aliphatic heterocycles. The zero-order valence-electron chi connectivity index (χ0n) is 8.74. The number of benzene rings is 1. The van der Waals surface area contributed by atoms with Gasteiger partial charge in [0.2, 0.25) is 0 Å². The second-order valence-electron chi connectivity index (χ2n) is 4.22. The number of nitrogens with two attached hydrogens (primary N) is 1. The summed E-state index contributed by atoms with van der Waals surface area (Å²) in [6, 6.07) is 8.25. The van der Waals surface area contributed by atoms with Gasteiger partial charge < -0.3 is 10.6 Å². The summed E-state index contributed by atoms with van der Waals surface area (Å²) in [6.07, 6.45) is 1.37. The maximum absolute atomic E-state index is 5.66. The summed E-state index contributed by atoms with van der Waals surface area (Å²) in [7, 11) is 0. The van der Waals surface area contributed by atoms with Gasteiger partial charge in [0.1, 0.15) is 0 Å². The molecule has 1 saturated heterocycles. The molecule has 1 fully saturated rings. The molecular formula is C12H18N2. The minimum absolute atomic E-state index is 0.621. The highest BCUT2D eigenvalue weighted by atomic mass is 15.2. The quantitative estimate of drug-likeness (QED) is 0.739. The van der Waals surface area contributed by atoms with Crippen molar-refractivity contribution in [1.29, 1.82) is 0 Å². The van der Waals surface area contributed by atoms with Crippen molar-refractivity contribution in [2.24, 2.45) is 0 Å². The van der Waals surface area contributed by atoms with Crippen LogP contribution in [0.15, 0.2) is 24.3 Å². The van der Waals surface area contributed by atoms with Crippen LogP contribution in [0.5, 0.6) is 0 Å². The third-order valence-corrected chi connectivity index (χ3v) is 2.99. The zero-order chi connectivity index (χ0) is 9.97. The van der Waals surface area contributed by atoms with E-state index in [1.807, 2.05) is 12.1 Å². The molecule has 14 heavy (non-hydrogen) atoms. The lowest BCUT2D eigenvalue weighted by atomic mass is 9.99. The van der Waals surface area contributed by atoms with Gasteiger partial charge in [-0.3, -0.25) is 0 Å². The Balaban J connectivity index is 1.95. The summed E-state index contributed by atoms with van der Waals surface area (Å²) in [5.74, 6) is 0.621. The van der Waals surface area contributed by atoms with Crippen LogP contribution >= 0.6 is 0 Å². The fourth-order valence-corrected chi connectivity index (χ4v) is 1.88. The molecular weight excluding hydrogens is 172 g/mol. The Morgan fingerprint density at radius 2 is 1.93 bits per heavy atom. The summed E-state index contributed by atoms with van der Waals surface area (Å²) < 4.78 is 0. The highest BCUT2D eigenvalue weighted by Crippen LogP contribution is 2.20. The molecule has 0 bridgehead atoms. The number of nitrogen functional groups attached to an aromatic ring is 1. The summed E-state index contributed by atoms with van der Waals surface area (Å²) in [5, 5.41) is 0. The van der Waals surface area contributed by atoms with Gasteiger partial charge in [-0.2, -0.15) is 0 Å². The van der Waals surface area contributed by atoms with Crippen molar-refractivity contribution in [2.75, 3.05) is 25.4 Å². The first-order valence-electron chi connectivity index (χ1n) is 5.33. The van der Waals surface area contributed by atoms with Crippen molar-refractivity contribution in [1.82, 2.24) is 4.90 Å². The Morgan fingerprint density at radius 1 is 1.29 bits per heavy atom. The maximum Gasteiger partial charge on any atom is 0.0314 e. The molecule has 2 heteroatoms. The lowest BCUT2D eigenvalue weighted by molar-refractivity contribution is 0.172. The average Bonchev–Trinajstić information content (AvgIpc) is 2.12. The van der Waals surface area contributed by atoms with Crippen molar-refractivity contribution >= 4 is 5.69 Å². The normalized spacial score (nSPS) is 18.9. The maximum atomic E-state index is 5.66. The molecule has 1 aliphatic rings. The summed E-state index contributed by atoms with van der Waals surface area (Å²) in [4.78, 5) is 2.50. The van der Waals surface area contributed by atoms with Crippen LogP contribution in [-0.4, -0.2) is 24.5 Å². The molecule has 0 amide bonds. The Morgan fingerprint density at radius 3 is 2.43 bits per heavy atom. The molecule has 0 aliphatic carbocycles. The van der Waals surface area contributed by atoms with Crippen LogP contribution in [0.2, 0.25) is 0 Å². The molecule has 2 nitrogen and oxygen atoms in total. The van der Waals surface area contributed by atoms with E-state index in [2.05, 4.69) is 24.0 Å². The first-order chi connectivity index (χ1) is 6.75. The van der Waals surface area contributed by atoms with Gasteiger partial charge in [0.15, 0.2) is 0 Å². The van der Waals surface area contributed by atoms with E-state index in [-0.39, 0.29) is 0 Å². The molecule has 0 aromatic heterocycles. The van der Waals surface area contributed by atoms with E-state index in [1.54, 1.807) is 0 Å². The van der Waals surface area contributed by atoms with Crippen LogP contribution in [0.25, 0.3) is 0 Å². The van der Waals surface area contributed by atoms with Crippen molar-refractivity contribution in [3.63, 3.8) is 0 Å². The van der Waals surface area contributed by atoms with E-state index >= 15 is 0 Å². The van der Waals surface area contributed by atoms with Crippen molar-refractivity contribution in [3.05, 3.63) is 29.8 Å². The topological polar surface area (TPSA) is 29.3 Å². The van der Waals surface area contributed by atoms with Crippen molar-refractivity contribution < 1.29 is 0 Å². The van der Waals surface area contributed by atoms with Gasteiger partial charge in [-0.15, -0.1) is 0 Å². The van der Waals surface area contributed by atoms with E-state index < -0.39 is 0 Å². The number of likely N-dealkylation sites (tertiary alicyclic amines) is 1. The van der Waals surface area contributed by atoms with Gasteiger partial charge in [-0.25, -0.2) is 0 Å². The van der Waals surface area contributed by atoms with Crippen LogP contribution in [0.4, 0.5) is 5.69 Å². The van der Waals surface area contributed by atoms with Gasteiger partial charge in [0, 0.05) is 12.2 Å². The van der Waals surface area contributed by atoms with E-state index in [9.17, 15) is 0 Å². The number of hydrogen-bond donors (Lipinski definition) is 1. The molecule has 1 aromatic carbocycles. The molecule has 1 heterocycles. The smallest absolute Gasteiger partial charge is 0.0314 e. The first kappa shape index (κ1) is 9.53. The minimum Gasteiger partial charge on any atom is -0.399 e. The third-order valence-electron chi connectivity index (χ3n) is 2.99. The van der Waals surface area contributed by atoms with Crippen molar-refractivity contribution in [2.45, 2.75) is 19.3 Å². The van der Waals surface area contributed by atoms with E-state index in [0.29, 0.717) is 5.92 Å². The Hall–Kier alpha value is -1.02. The highest BCUT2D eigenvalue weighted by Gasteiger charge is 2.17. The third kappa shape index (κ3) is 2.07. The van der Waals surface area contributed by atoms with Crippen LogP contribution in [0, 0.1) is 0 Å². The Kier molecular flexibility index (Phi) is 2.73. The second kappa shape index (κ2) is 4.01. The van der Waals surface area contributed by atoms with Gasteiger partial charge in [0.05, 0.1) is 0 Å². The molecule has 1 unspecified atom stereocenters. The molecule has 1 aromatic rings. The van der Waals surface area contributed by atoms with Crippen LogP contribution in [0.3, 0.4) is 0 Å². The van der Waals surface area contributed by atoms with Gasteiger partial charge in [-0.05, 0) is 43.1 Å². The van der Waals surface area contributed by atoms with Gasteiger partial charge >= 0.3 is 0 Å². The number of nitrogens with zero attached hydrogens (tertiary/aromatic N) is 1. The summed E-state index contributed by atoms with van der Waals surface area (Å²) in [6.45, 7) is 6.02. The molecule has 2 rings (SSSR count). The monoisotopic (exact) mass is 190 g/mol. The predicted molar refractivity (Wildman–Crippen MR) is 60.3 cm³/mol. The summed E-state index contributed by atoms with van der Waals surface area (Å²) in [5.41, 5.74) is 7.90. The predicted octanol–water partition coefficient (Wildman–Crippen LogP) is 2.08. The van der Waals surface area contributed by atoms with Gasteiger partial charge in [-0.1, -0.05) is 19.1 Å². The van der Waals surface area contributed by atoms with E-state index in [1.165, 1.54) is 31.6 Å². The zero-order valence-corrected chi connectivity index (χ0v) is 8.74. The molecule has 0 spiro atoms. The van der Waals surface area contributed by atoms with Crippen LogP contribution in [-0.2, 0) is 0 Å². The average molecular weight is 190 g/mol. The van der Waals surface area contributed by atoms with Gasteiger partial charge in [0.25, 0.3) is 0 Å². The SMILES string of the molecule is CC(CN1CCC1)c1ccc(N)cc1.